The topological polar surface area (TPSA) is 44.0 Å². The van der Waals surface area contributed by atoms with Crippen molar-refractivity contribution in [2.75, 3.05) is 0 Å². The molecule has 22 heavy (non-hydrogen) atoms. The highest BCUT2D eigenvalue weighted by Crippen LogP contribution is 2.16. The van der Waals surface area contributed by atoms with Crippen LogP contribution in [0.2, 0.25) is 0 Å². The van der Waals surface area contributed by atoms with Crippen LogP contribution in [0.3, 0.4) is 0 Å². The fourth-order valence-electron chi connectivity index (χ4n) is 2.46. The molecule has 5 heteroatoms. The van der Waals surface area contributed by atoms with E-state index in [0.717, 1.165) is 4.47 Å². The van der Waals surface area contributed by atoms with Gasteiger partial charge in [0.25, 0.3) is 5.56 Å². The van der Waals surface area contributed by atoms with Crippen molar-refractivity contribution in [2.24, 2.45) is 0 Å². The maximum Gasteiger partial charge on any atom is 0.336 e. The van der Waals surface area contributed by atoms with Crippen molar-refractivity contribution in [2.45, 2.75) is 6.54 Å². The number of hydrogen-bond donors (Lipinski definition) is 0. The zero-order valence-corrected chi connectivity index (χ0v) is 13.3. The van der Waals surface area contributed by atoms with Crippen molar-refractivity contribution < 1.29 is 0 Å². The van der Waals surface area contributed by atoms with Crippen LogP contribution in [0.4, 0.5) is 0 Å². The van der Waals surface area contributed by atoms with Crippen LogP contribution in [0, 0.1) is 0 Å². The van der Waals surface area contributed by atoms with Gasteiger partial charge in [0.15, 0.2) is 0 Å². The van der Waals surface area contributed by atoms with Crippen molar-refractivity contribution >= 4 is 26.8 Å². The van der Waals surface area contributed by atoms with Crippen LogP contribution in [0.1, 0.15) is 0 Å². The Hall–Kier alpha value is -2.40. The van der Waals surface area contributed by atoms with Gasteiger partial charge in [-0.15, -0.1) is 6.58 Å². The van der Waals surface area contributed by atoms with Gasteiger partial charge in [-0.3, -0.25) is 9.36 Å². The number of nitrogens with zero attached hydrogens (tertiary/aromatic N) is 2. The summed E-state index contributed by atoms with van der Waals surface area (Å²) in [5, 5.41) is 0.486. The molecular weight excluding hydrogens is 344 g/mol. The van der Waals surface area contributed by atoms with Gasteiger partial charge in [-0.25, -0.2) is 9.36 Å². The lowest BCUT2D eigenvalue weighted by Gasteiger charge is -2.13. The molecular formula is C17H13BrN2O2. The fourth-order valence-corrected chi connectivity index (χ4v) is 2.82. The van der Waals surface area contributed by atoms with E-state index < -0.39 is 0 Å². The second-order valence-electron chi connectivity index (χ2n) is 4.82. The standard InChI is InChI=1S/C17H13BrN2O2/c1-2-10-19-15-9-8-12(18)11-14(15)16(21)20(17(19)22)13-6-4-3-5-7-13/h2-9,11H,1,10H2. The maximum atomic E-state index is 12.8. The number of para-hydroxylation sites is 1. The number of benzene rings is 2. The fraction of sp³-hybridized carbons (Fsp3) is 0.0588. The third kappa shape index (κ3) is 2.33. The molecule has 0 atom stereocenters. The zero-order valence-electron chi connectivity index (χ0n) is 11.7. The third-order valence-electron chi connectivity index (χ3n) is 3.43. The molecule has 1 heterocycles. The molecule has 0 saturated heterocycles. The Labute approximate surface area is 135 Å². The minimum absolute atomic E-state index is 0.326. The van der Waals surface area contributed by atoms with Gasteiger partial charge in [0.2, 0.25) is 0 Å². The van der Waals surface area contributed by atoms with Crippen LogP contribution in [0.15, 0.2) is 75.2 Å². The summed E-state index contributed by atoms with van der Waals surface area (Å²) in [5.74, 6) is 0. The van der Waals surface area contributed by atoms with Gasteiger partial charge in [0, 0.05) is 11.0 Å². The third-order valence-corrected chi connectivity index (χ3v) is 3.92. The predicted molar refractivity (Wildman–Crippen MR) is 91.7 cm³/mol. The van der Waals surface area contributed by atoms with Crippen LogP contribution >= 0.6 is 15.9 Å². The first kappa shape index (κ1) is 14.5. The lowest BCUT2D eigenvalue weighted by atomic mass is 10.2. The quantitative estimate of drug-likeness (QED) is 0.676. The Morgan fingerprint density at radius 2 is 1.82 bits per heavy atom. The number of hydrogen-bond acceptors (Lipinski definition) is 2. The van der Waals surface area contributed by atoms with E-state index in [1.54, 1.807) is 47.0 Å². The molecule has 0 N–H and O–H groups in total. The van der Waals surface area contributed by atoms with Crippen molar-refractivity contribution in [3.8, 4) is 5.69 Å². The number of rotatable bonds is 3. The molecule has 4 nitrogen and oxygen atoms in total. The summed E-state index contributed by atoms with van der Waals surface area (Å²) < 4.78 is 3.53. The summed E-state index contributed by atoms with van der Waals surface area (Å²) in [6, 6.07) is 14.2. The largest absolute Gasteiger partial charge is 0.336 e. The molecule has 3 rings (SSSR count). The average Bonchev–Trinajstić information content (AvgIpc) is 2.53. The first-order valence-corrected chi connectivity index (χ1v) is 7.54. The van der Waals surface area contributed by atoms with Crippen molar-refractivity contribution in [1.29, 1.82) is 0 Å². The van der Waals surface area contributed by atoms with Gasteiger partial charge in [0.1, 0.15) is 0 Å². The Morgan fingerprint density at radius 3 is 2.50 bits per heavy atom. The number of allylic oxidation sites excluding steroid dienone is 1. The van der Waals surface area contributed by atoms with E-state index >= 15 is 0 Å². The summed E-state index contributed by atoms with van der Waals surface area (Å²) in [6.45, 7) is 4.03. The van der Waals surface area contributed by atoms with E-state index in [4.69, 9.17) is 0 Å². The van der Waals surface area contributed by atoms with Gasteiger partial charge in [-0.1, -0.05) is 40.2 Å². The SMILES string of the molecule is C=CCn1c(=O)n(-c2ccccc2)c(=O)c2cc(Br)ccc21. The highest BCUT2D eigenvalue weighted by Gasteiger charge is 2.13. The molecule has 0 saturated carbocycles. The smallest absolute Gasteiger partial charge is 0.289 e. The molecule has 0 bridgehead atoms. The van der Waals surface area contributed by atoms with E-state index in [1.165, 1.54) is 4.57 Å². The van der Waals surface area contributed by atoms with Gasteiger partial charge in [0.05, 0.1) is 16.6 Å². The van der Waals surface area contributed by atoms with Crippen LogP contribution in [0.5, 0.6) is 0 Å². The first-order chi connectivity index (χ1) is 10.6. The predicted octanol–water partition coefficient (Wildman–Crippen LogP) is 3.10. The lowest BCUT2D eigenvalue weighted by molar-refractivity contribution is 0.727. The van der Waals surface area contributed by atoms with Gasteiger partial charge in [-0.2, -0.15) is 0 Å². The van der Waals surface area contributed by atoms with Crippen LogP contribution in [0.25, 0.3) is 16.6 Å². The van der Waals surface area contributed by atoms with E-state index in [1.807, 2.05) is 12.1 Å². The lowest BCUT2D eigenvalue weighted by Crippen LogP contribution is -2.38. The van der Waals surface area contributed by atoms with Crippen molar-refractivity contribution in [3.05, 3.63) is 86.5 Å². The molecule has 0 spiro atoms. The summed E-state index contributed by atoms with van der Waals surface area (Å²) in [7, 11) is 0. The first-order valence-electron chi connectivity index (χ1n) is 6.75. The van der Waals surface area contributed by atoms with Crippen LogP contribution < -0.4 is 11.2 Å². The Balaban J connectivity index is 2.50. The molecule has 0 unspecified atom stereocenters. The van der Waals surface area contributed by atoms with Crippen molar-refractivity contribution in [1.82, 2.24) is 9.13 Å². The summed E-state index contributed by atoms with van der Waals surface area (Å²) in [4.78, 5) is 25.5. The summed E-state index contributed by atoms with van der Waals surface area (Å²) >= 11 is 3.37. The molecule has 0 radical (unpaired) electrons. The number of aromatic nitrogens is 2. The minimum atomic E-state index is -0.370. The molecule has 0 fully saturated rings. The second kappa shape index (κ2) is 5.77. The average molecular weight is 357 g/mol. The molecule has 0 aliphatic rings. The molecule has 110 valence electrons. The highest BCUT2D eigenvalue weighted by molar-refractivity contribution is 9.10. The molecule has 3 aromatic rings. The van der Waals surface area contributed by atoms with Crippen molar-refractivity contribution in [3.63, 3.8) is 0 Å². The molecule has 0 amide bonds. The summed E-state index contributed by atoms with van der Waals surface area (Å²) in [6.07, 6.45) is 1.64. The minimum Gasteiger partial charge on any atom is -0.289 e. The van der Waals surface area contributed by atoms with Gasteiger partial charge in [-0.05, 0) is 30.3 Å². The molecule has 0 aliphatic carbocycles. The van der Waals surface area contributed by atoms with E-state index in [-0.39, 0.29) is 11.2 Å². The Morgan fingerprint density at radius 1 is 1.09 bits per heavy atom. The van der Waals surface area contributed by atoms with Crippen LogP contribution in [-0.2, 0) is 6.54 Å². The van der Waals surface area contributed by atoms with Gasteiger partial charge >= 0.3 is 5.69 Å². The highest BCUT2D eigenvalue weighted by atomic mass is 79.9. The monoisotopic (exact) mass is 356 g/mol. The Kier molecular flexibility index (Phi) is 3.81. The zero-order chi connectivity index (χ0) is 15.7. The molecule has 0 aliphatic heterocycles. The normalized spacial score (nSPS) is 10.8. The number of halogens is 1. The second-order valence-corrected chi connectivity index (χ2v) is 5.74. The maximum absolute atomic E-state index is 12.8. The van der Waals surface area contributed by atoms with Crippen LogP contribution in [-0.4, -0.2) is 9.13 Å². The van der Waals surface area contributed by atoms with E-state index in [9.17, 15) is 9.59 Å². The Bertz CT molecular complexity index is 972. The van der Waals surface area contributed by atoms with E-state index in [0.29, 0.717) is 23.1 Å². The molecule has 2 aromatic carbocycles. The number of fused-ring (bicyclic) bond motifs is 1. The molecule has 1 aromatic heterocycles. The van der Waals surface area contributed by atoms with E-state index in [2.05, 4.69) is 22.5 Å². The summed E-state index contributed by atoms with van der Waals surface area (Å²) in [5.41, 5.74) is 0.459. The van der Waals surface area contributed by atoms with Gasteiger partial charge < -0.3 is 0 Å².